The SMILES string of the molecule is C=C(C)[C@@]1(C)CN[C@H](C(=O)O)[C@H]1CC(=O)O. The predicted molar refractivity (Wildman–Crippen MR) is 58.1 cm³/mol. The highest BCUT2D eigenvalue weighted by Gasteiger charge is 2.49. The molecule has 1 aliphatic rings. The largest absolute Gasteiger partial charge is 0.481 e. The molecule has 0 aromatic carbocycles. The molecule has 1 aliphatic heterocycles. The summed E-state index contributed by atoms with van der Waals surface area (Å²) in [5.41, 5.74) is 0.344. The Balaban J connectivity index is 3.01. The van der Waals surface area contributed by atoms with Gasteiger partial charge in [0.1, 0.15) is 6.04 Å². The molecule has 0 amide bonds. The lowest BCUT2D eigenvalue weighted by molar-refractivity contribution is -0.142. The van der Waals surface area contributed by atoms with Crippen molar-refractivity contribution in [1.29, 1.82) is 0 Å². The molecule has 0 saturated carbocycles. The number of rotatable bonds is 4. The number of aliphatic carboxylic acids is 2. The third-order valence-electron chi connectivity index (χ3n) is 3.55. The van der Waals surface area contributed by atoms with Crippen LogP contribution in [0.4, 0.5) is 0 Å². The van der Waals surface area contributed by atoms with Gasteiger partial charge in [-0.05, 0) is 6.92 Å². The molecule has 3 N–H and O–H groups in total. The maximum atomic E-state index is 11.0. The van der Waals surface area contributed by atoms with Gasteiger partial charge in [-0.1, -0.05) is 19.1 Å². The van der Waals surface area contributed by atoms with E-state index in [-0.39, 0.29) is 6.42 Å². The van der Waals surface area contributed by atoms with Gasteiger partial charge in [0.05, 0.1) is 6.42 Å². The van der Waals surface area contributed by atoms with Crippen molar-refractivity contribution >= 4 is 11.9 Å². The summed E-state index contributed by atoms with van der Waals surface area (Å²) in [7, 11) is 0. The maximum Gasteiger partial charge on any atom is 0.321 e. The van der Waals surface area contributed by atoms with Crippen molar-refractivity contribution in [2.45, 2.75) is 26.3 Å². The van der Waals surface area contributed by atoms with Crippen LogP contribution in [0.1, 0.15) is 20.3 Å². The molecule has 0 spiro atoms. The number of hydrogen-bond acceptors (Lipinski definition) is 3. The zero-order chi connectivity index (χ0) is 12.5. The number of hydrogen-bond donors (Lipinski definition) is 3. The highest BCUT2D eigenvalue weighted by molar-refractivity contribution is 5.77. The molecule has 0 aromatic rings. The van der Waals surface area contributed by atoms with E-state index in [1.165, 1.54) is 0 Å². The van der Waals surface area contributed by atoms with Gasteiger partial charge in [0.2, 0.25) is 0 Å². The van der Waals surface area contributed by atoms with E-state index in [0.29, 0.717) is 6.54 Å². The predicted octanol–water partition coefficient (Wildman–Crippen LogP) is 0.716. The van der Waals surface area contributed by atoms with E-state index in [1.807, 2.05) is 6.92 Å². The second-order valence-electron chi connectivity index (χ2n) is 4.60. The fourth-order valence-corrected chi connectivity index (χ4v) is 2.22. The van der Waals surface area contributed by atoms with E-state index in [2.05, 4.69) is 11.9 Å². The molecule has 5 heteroatoms. The average molecular weight is 227 g/mol. The van der Waals surface area contributed by atoms with E-state index in [0.717, 1.165) is 5.57 Å². The Morgan fingerprint density at radius 1 is 1.50 bits per heavy atom. The summed E-state index contributed by atoms with van der Waals surface area (Å²) in [6, 6.07) is -0.808. The molecule has 0 aromatic heterocycles. The third-order valence-corrected chi connectivity index (χ3v) is 3.55. The molecule has 5 nitrogen and oxygen atoms in total. The minimum absolute atomic E-state index is 0.159. The van der Waals surface area contributed by atoms with Crippen LogP contribution in [-0.4, -0.2) is 34.7 Å². The number of carboxylic acids is 2. The molecule has 1 fully saturated rings. The summed E-state index contributed by atoms with van der Waals surface area (Å²) in [4.78, 5) is 21.8. The van der Waals surface area contributed by atoms with E-state index in [4.69, 9.17) is 10.2 Å². The van der Waals surface area contributed by atoms with E-state index in [1.54, 1.807) is 6.92 Å². The van der Waals surface area contributed by atoms with Crippen LogP contribution in [0.5, 0.6) is 0 Å². The van der Waals surface area contributed by atoms with Gasteiger partial charge in [-0.3, -0.25) is 9.59 Å². The standard InChI is InChI=1S/C11H17NO4/c1-6(2)11(3)5-12-9(10(15)16)7(11)4-8(13)14/h7,9,12H,1,4-5H2,2-3H3,(H,13,14)(H,15,16)/t7-,9+,11-/m1/s1. The Hall–Kier alpha value is -1.36. The molecule has 0 bridgehead atoms. The van der Waals surface area contributed by atoms with Crippen LogP contribution in [0, 0.1) is 11.3 Å². The minimum atomic E-state index is -1.00. The van der Waals surface area contributed by atoms with Crippen molar-refractivity contribution in [2.75, 3.05) is 6.54 Å². The topological polar surface area (TPSA) is 86.6 Å². The highest BCUT2D eigenvalue weighted by atomic mass is 16.4. The molecule has 16 heavy (non-hydrogen) atoms. The number of carboxylic acid groups (broad SMARTS) is 2. The van der Waals surface area contributed by atoms with Crippen molar-refractivity contribution in [1.82, 2.24) is 5.32 Å². The second-order valence-corrected chi connectivity index (χ2v) is 4.60. The fraction of sp³-hybridized carbons (Fsp3) is 0.636. The summed E-state index contributed by atoms with van der Waals surface area (Å²) in [5, 5.41) is 20.7. The van der Waals surface area contributed by atoms with Gasteiger partial charge in [0.15, 0.2) is 0 Å². The first-order valence-corrected chi connectivity index (χ1v) is 5.13. The van der Waals surface area contributed by atoms with Crippen LogP contribution >= 0.6 is 0 Å². The lowest BCUT2D eigenvalue weighted by Gasteiger charge is -2.31. The highest BCUT2D eigenvalue weighted by Crippen LogP contribution is 2.42. The van der Waals surface area contributed by atoms with Crippen molar-refractivity contribution in [2.24, 2.45) is 11.3 Å². The molecule has 1 heterocycles. The second kappa shape index (κ2) is 4.25. The van der Waals surface area contributed by atoms with Crippen LogP contribution in [-0.2, 0) is 9.59 Å². The third kappa shape index (κ3) is 2.09. The Labute approximate surface area is 94.2 Å². The zero-order valence-electron chi connectivity index (χ0n) is 9.49. The quantitative estimate of drug-likeness (QED) is 0.616. The first kappa shape index (κ1) is 12.7. The Morgan fingerprint density at radius 2 is 2.06 bits per heavy atom. The van der Waals surface area contributed by atoms with Gasteiger partial charge < -0.3 is 15.5 Å². The maximum absolute atomic E-state index is 11.0. The van der Waals surface area contributed by atoms with Crippen LogP contribution in [0.3, 0.4) is 0 Å². The van der Waals surface area contributed by atoms with Crippen molar-refractivity contribution in [3.05, 3.63) is 12.2 Å². The first-order chi connectivity index (χ1) is 7.29. The molecule has 1 rings (SSSR count). The Morgan fingerprint density at radius 3 is 2.44 bits per heavy atom. The Kier molecular flexibility index (Phi) is 3.38. The van der Waals surface area contributed by atoms with Crippen molar-refractivity contribution in [3.63, 3.8) is 0 Å². The van der Waals surface area contributed by atoms with Crippen molar-refractivity contribution < 1.29 is 19.8 Å². The minimum Gasteiger partial charge on any atom is -0.481 e. The molecule has 1 saturated heterocycles. The van der Waals surface area contributed by atoms with E-state index >= 15 is 0 Å². The monoisotopic (exact) mass is 227 g/mol. The Bertz CT molecular complexity index is 339. The molecule has 0 radical (unpaired) electrons. The number of carbonyl (C=O) groups is 2. The van der Waals surface area contributed by atoms with Crippen LogP contribution in [0.2, 0.25) is 0 Å². The first-order valence-electron chi connectivity index (χ1n) is 5.13. The molecule has 0 unspecified atom stereocenters. The average Bonchev–Trinajstić information content (AvgIpc) is 2.44. The lowest BCUT2D eigenvalue weighted by atomic mass is 9.71. The fourth-order valence-electron chi connectivity index (χ4n) is 2.22. The molecule has 90 valence electrons. The summed E-state index contributed by atoms with van der Waals surface area (Å²) in [5.74, 6) is -2.44. The molecule has 3 atom stereocenters. The van der Waals surface area contributed by atoms with Gasteiger partial charge in [-0.15, -0.1) is 0 Å². The van der Waals surface area contributed by atoms with Crippen LogP contribution in [0.15, 0.2) is 12.2 Å². The molecule has 0 aliphatic carbocycles. The number of nitrogens with one attached hydrogen (secondary N) is 1. The van der Waals surface area contributed by atoms with Gasteiger partial charge in [0, 0.05) is 17.9 Å². The van der Waals surface area contributed by atoms with Gasteiger partial charge >= 0.3 is 11.9 Å². The lowest BCUT2D eigenvalue weighted by Crippen LogP contribution is -2.38. The summed E-state index contributed by atoms with van der Waals surface area (Å²) in [6.07, 6.45) is -0.159. The van der Waals surface area contributed by atoms with E-state index in [9.17, 15) is 9.59 Å². The van der Waals surface area contributed by atoms with Crippen molar-refractivity contribution in [3.8, 4) is 0 Å². The molecular formula is C11H17NO4. The van der Waals surface area contributed by atoms with Crippen LogP contribution < -0.4 is 5.32 Å². The van der Waals surface area contributed by atoms with E-state index < -0.39 is 29.3 Å². The van der Waals surface area contributed by atoms with Gasteiger partial charge in [0.25, 0.3) is 0 Å². The normalized spacial score (nSPS) is 33.6. The molecular weight excluding hydrogens is 210 g/mol. The van der Waals surface area contributed by atoms with Gasteiger partial charge in [-0.2, -0.15) is 0 Å². The summed E-state index contributed by atoms with van der Waals surface area (Å²) in [6.45, 7) is 7.96. The van der Waals surface area contributed by atoms with Crippen LogP contribution in [0.25, 0.3) is 0 Å². The summed E-state index contributed by atoms with van der Waals surface area (Å²) < 4.78 is 0. The summed E-state index contributed by atoms with van der Waals surface area (Å²) >= 11 is 0. The smallest absolute Gasteiger partial charge is 0.321 e. The van der Waals surface area contributed by atoms with Gasteiger partial charge in [-0.25, -0.2) is 0 Å². The zero-order valence-corrected chi connectivity index (χ0v) is 9.49.